The van der Waals surface area contributed by atoms with Gasteiger partial charge in [-0.15, -0.1) is 11.3 Å². The van der Waals surface area contributed by atoms with Crippen LogP contribution in [0.25, 0.3) is 0 Å². The lowest BCUT2D eigenvalue weighted by molar-refractivity contribution is 0.615. The number of aromatic nitrogens is 1. The van der Waals surface area contributed by atoms with E-state index in [0.29, 0.717) is 11.0 Å². The number of hydrogen-bond acceptors (Lipinski definition) is 3. The maximum atomic E-state index is 5.86. The van der Waals surface area contributed by atoms with Gasteiger partial charge in [0, 0.05) is 15.3 Å². The minimum absolute atomic E-state index is 0.473. The minimum Gasteiger partial charge on any atom is -0.375 e. The summed E-state index contributed by atoms with van der Waals surface area (Å²) in [6, 6.07) is 6.52. The van der Waals surface area contributed by atoms with Crippen LogP contribution in [0.1, 0.15) is 40.5 Å². The number of fused-ring (bicyclic) bond motifs is 1. The number of anilines is 1. The summed E-state index contributed by atoms with van der Waals surface area (Å²) in [4.78, 5) is 5.84. The number of nitrogens with zero attached hydrogens (tertiary/aromatic N) is 1. The van der Waals surface area contributed by atoms with E-state index in [1.54, 1.807) is 11.3 Å². The fourth-order valence-corrected chi connectivity index (χ4v) is 4.13. The Labute approximate surface area is 119 Å². The topological polar surface area (TPSA) is 38.9 Å². The van der Waals surface area contributed by atoms with Crippen LogP contribution in [0.3, 0.4) is 0 Å². The second kappa shape index (κ2) is 4.67. The third-order valence-corrected chi connectivity index (χ3v) is 5.12. The molecular formula is C14H15BrN2S. The minimum atomic E-state index is 0.473. The number of hydrogen-bond donors (Lipinski definition) is 1. The predicted octanol–water partition coefficient (Wildman–Crippen LogP) is 4.26. The summed E-state index contributed by atoms with van der Waals surface area (Å²) in [5, 5.41) is 0.708. The SMILES string of the molecule is Cc1ccc(Br)cc1C1CCCc2nc(N)sc21. The first-order valence-electron chi connectivity index (χ1n) is 6.16. The van der Waals surface area contributed by atoms with Gasteiger partial charge in [-0.3, -0.25) is 0 Å². The largest absolute Gasteiger partial charge is 0.375 e. The van der Waals surface area contributed by atoms with E-state index in [4.69, 9.17) is 5.73 Å². The number of nitrogens with two attached hydrogens (primary N) is 1. The molecule has 2 aromatic rings. The fourth-order valence-electron chi connectivity index (χ4n) is 2.72. The molecule has 1 aliphatic carbocycles. The van der Waals surface area contributed by atoms with Gasteiger partial charge in [0.25, 0.3) is 0 Å². The van der Waals surface area contributed by atoms with Gasteiger partial charge in [-0.2, -0.15) is 0 Å². The standard InChI is InChI=1S/C14H15BrN2S/c1-8-5-6-9(15)7-11(8)10-3-2-4-12-13(10)18-14(16)17-12/h5-7,10H,2-4H2,1H3,(H2,16,17). The summed E-state index contributed by atoms with van der Waals surface area (Å²) in [6.07, 6.45) is 3.48. The van der Waals surface area contributed by atoms with E-state index in [9.17, 15) is 0 Å². The van der Waals surface area contributed by atoms with Gasteiger partial charge in [-0.25, -0.2) is 4.98 Å². The Morgan fingerprint density at radius 3 is 3.11 bits per heavy atom. The average molecular weight is 323 g/mol. The number of benzene rings is 1. The molecule has 1 aliphatic rings. The fraction of sp³-hybridized carbons (Fsp3) is 0.357. The Morgan fingerprint density at radius 2 is 2.28 bits per heavy atom. The molecule has 0 amide bonds. The lowest BCUT2D eigenvalue weighted by atomic mass is 9.84. The van der Waals surface area contributed by atoms with Crippen molar-refractivity contribution in [2.45, 2.75) is 32.1 Å². The van der Waals surface area contributed by atoms with Crippen molar-refractivity contribution in [3.05, 3.63) is 44.4 Å². The molecule has 1 aromatic carbocycles. The van der Waals surface area contributed by atoms with Crippen LogP contribution in [0.4, 0.5) is 5.13 Å². The normalized spacial score (nSPS) is 18.7. The van der Waals surface area contributed by atoms with Crippen molar-refractivity contribution in [2.75, 3.05) is 5.73 Å². The van der Waals surface area contributed by atoms with Crippen LogP contribution in [0.2, 0.25) is 0 Å². The Hall–Kier alpha value is -0.870. The maximum Gasteiger partial charge on any atom is 0.180 e. The quantitative estimate of drug-likeness (QED) is 0.851. The van der Waals surface area contributed by atoms with Crippen LogP contribution >= 0.6 is 27.3 Å². The average Bonchev–Trinajstić information content (AvgIpc) is 2.72. The predicted molar refractivity (Wildman–Crippen MR) is 80.2 cm³/mol. The van der Waals surface area contributed by atoms with Crippen LogP contribution in [0, 0.1) is 6.92 Å². The molecule has 3 rings (SSSR count). The van der Waals surface area contributed by atoms with E-state index in [1.807, 2.05) is 0 Å². The number of aryl methyl sites for hydroxylation is 2. The van der Waals surface area contributed by atoms with Crippen LogP contribution in [0.5, 0.6) is 0 Å². The van der Waals surface area contributed by atoms with Gasteiger partial charge in [0.15, 0.2) is 5.13 Å². The van der Waals surface area contributed by atoms with Gasteiger partial charge in [0.1, 0.15) is 0 Å². The molecule has 0 saturated heterocycles. The maximum absolute atomic E-state index is 5.86. The van der Waals surface area contributed by atoms with Crippen molar-refractivity contribution >= 4 is 32.4 Å². The molecular weight excluding hydrogens is 308 g/mol. The molecule has 0 saturated carbocycles. The summed E-state index contributed by atoms with van der Waals surface area (Å²) in [6.45, 7) is 2.18. The Bertz CT molecular complexity index is 591. The lowest BCUT2D eigenvalue weighted by Crippen LogP contribution is -2.10. The number of halogens is 1. The van der Waals surface area contributed by atoms with Gasteiger partial charge >= 0.3 is 0 Å². The zero-order valence-electron chi connectivity index (χ0n) is 10.2. The molecule has 2 N–H and O–H groups in total. The van der Waals surface area contributed by atoms with Gasteiger partial charge in [0.2, 0.25) is 0 Å². The molecule has 1 heterocycles. The first-order chi connectivity index (χ1) is 8.65. The first-order valence-corrected chi connectivity index (χ1v) is 7.77. The Kier molecular flexibility index (Phi) is 3.16. The van der Waals surface area contributed by atoms with E-state index in [2.05, 4.69) is 46.0 Å². The van der Waals surface area contributed by atoms with E-state index in [0.717, 1.165) is 10.9 Å². The highest BCUT2D eigenvalue weighted by Crippen LogP contribution is 2.42. The smallest absolute Gasteiger partial charge is 0.180 e. The van der Waals surface area contributed by atoms with Crippen LogP contribution < -0.4 is 5.73 Å². The molecule has 4 heteroatoms. The second-order valence-corrected chi connectivity index (χ2v) is 6.79. The van der Waals surface area contributed by atoms with Crippen molar-refractivity contribution in [1.82, 2.24) is 4.98 Å². The molecule has 0 aliphatic heterocycles. The van der Waals surface area contributed by atoms with Crippen LogP contribution in [-0.4, -0.2) is 4.98 Å². The van der Waals surface area contributed by atoms with Crippen molar-refractivity contribution in [3.63, 3.8) is 0 Å². The highest BCUT2D eigenvalue weighted by molar-refractivity contribution is 9.10. The number of nitrogen functional groups attached to an aromatic ring is 1. The van der Waals surface area contributed by atoms with Crippen molar-refractivity contribution < 1.29 is 0 Å². The summed E-state index contributed by atoms with van der Waals surface area (Å²) in [5.74, 6) is 0.473. The number of thiazole rings is 1. The summed E-state index contributed by atoms with van der Waals surface area (Å²) in [5.41, 5.74) is 9.84. The van der Waals surface area contributed by atoms with E-state index >= 15 is 0 Å². The molecule has 0 radical (unpaired) electrons. The third kappa shape index (κ3) is 2.08. The molecule has 1 atom stereocenters. The van der Waals surface area contributed by atoms with E-state index < -0.39 is 0 Å². The van der Waals surface area contributed by atoms with Gasteiger partial charge in [0.05, 0.1) is 5.69 Å². The van der Waals surface area contributed by atoms with E-state index in [-0.39, 0.29) is 0 Å². The second-order valence-electron chi connectivity index (χ2n) is 4.81. The zero-order chi connectivity index (χ0) is 12.7. The Balaban J connectivity index is 2.10. The van der Waals surface area contributed by atoms with Crippen LogP contribution in [-0.2, 0) is 6.42 Å². The molecule has 94 valence electrons. The van der Waals surface area contributed by atoms with E-state index in [1.165, 1.54) is 34.5 Å². The van der Waals surface area contributed by atoms with Crippen molar-refractivity contribution in [3.8, 4) is 0 Å². The molecule has 2 nitrogen and oxygen atoms in total. The van der Waals surface area contributed by atoms with Gasteiger partial charge < -0.3 is 5.73 Å². The molecule has 0 spiro atoms. The summed E-state index contributed by atoms with van der Waals surface area (Å²) >= 11 is 5.23. The molecule has 1 unspecified atom stereocenters. The third-order valence-electron chi connectivity index (χ3n) is 3.58. The van der Waals surface area contributed by atoms with Crippen LogP contribution in [0.15, 0.2) is 22.7 Å². The first kappa shape index (κ1) is 12.2. The Morgan fingerprint density at radius 1 is 1.44 bits per heavy atom. The van der Waals surface area contributed by atoms with Gasteiger partial charge in [-0.1, -0.05) is 22.0 Å². The highest BCUT2D eigenvalue weighted by Gasteiger charge is 2.26. The summed E-state index contributed by atoms with van der Waals surface area (Å²) < 4.78 is 1.15. The highest BCUT2D eigenvalue weighted by atomic mass is 79.9. The number of rotatable bonds is 1. The van der Waals surface area contributed by atoms with Gasteiger partial charge in [-0.05, 0) is 49.4 Å². The summed E-state index contributed by atoms with van der Waals surface area (Å²) in [7, 11) is 0. The zero-order valence-corrected chi connectivity index (χ0v) is 12.6. The lowest BCUT2D eigenvalue weighted by Gasteiger charge is -2.23. The molecule has 0 bridgehead atoms. The molecule has 18 heavy (non-hydrogen) atoms. The van der Waals surface area contributed by atoms with Crippen molar-refractivity contribution in [1.29, 1.82) is 0 Å². The monoisotopic (exact) mass is 322 g/mol. The molecule has 0 fully saturated rings. The van der Waals surface area contributed by atoms with Crippen molar-refractivity contribution in [2.24, 2.45) is 0 Å². The molecule has 1 aromatic heterocycles.